The molecule has 0 aromatic heterocycles. The third-order valence-electron chi connectivity index (χ3n) is 4.57. The molecule has 2 rings (SSSR count). The molecule has 0 saturated carbocycles. The number of nitrogens with two attached hydrogens (primary N) is 1. The highest BCUT2D eigenvalue weighted by Gasteiger charge is 2.51. The van der Waals surface area contributed by atoms with Gasteiger partial charge in [-0.15, -0.1) is 0 Å². The van der Waals surface area contributed by atoms with Gasteiger partial charge in [0.15, 0.2) is 0 Å². The zero-order chi connectivity index (χ0) is 16.5. The van der Waals surface area contributed by atoms with Crippen molar-refractivity contribution in [3.63, 3.8) is 0 Å². The molecule has 1 saturated heterocycles. The van der Waals surface area contributed by atoms with E-state index in [1.54, 1.807) is 0 Å². The lowest BCUT2D eigenvalue weighted by molar-refractivity contribution is -0.138. The smallest absolute Gasteiger partial charge is 0.480 e. The van der Waals surface area contributed by atoms with Crippen molar-refractivity contribution in [1.29, 1.82) is 0 Å². The van der Waals surface area contributed by atoms with Crippen LogP contribution in [0.3, 0.4) is 0 Å². The van der Waals surface area contributed by atoms with Crippen LogP contribution in [-0.2, 0) is 20.5 Å². The molecule has 0 spiro atoms. The Balaban J connectivity index is 2.00. The average molecular weight is 305 g/mol. The largest absolute Gasteiger partial charge is 0.494 e. The lowest BCUT2D eigenvalue weighted by atomic mass is 9.78. The van der Waals surface area contributed by atoms with Gasteiger partial charge in [-0.2, -0.15) is 0 Å². The Morgan fingerprint density at radius 1 is 1.18 bits per heavy atom. The van der Waals surface area contributed by atoms with Gasteiger partial charge in [0.2, 0.25) is 0 Å². The number of hydrogen-bond donors (Lipinski definition) is 2. The van der Waals surface area contributed by atoms with E-state index in [1.165, 1.54) is 0 Å². The van der Waals surface area contributed by atoms with Crippen LogP contribution in [0.15, 0.2) is 24.3 Å². The van der Waals surface area contributed by atoms with Crippen LogP contribution in [0.2, 0.25) is 0 Å². The first-order valence-electron chi connectivity index (χ1n) is 7.55. The van der Waals surface area contributed by atoms with Gasteiger partial charge in [0, 0.05) is 0 Å². The molecule has 5 nitrogen and oxygen atoms in total. The van der Waals surface area contributed by atoms with Crippen LogP contribution in [0.5, 0.6) is 0 Å². The Hall–Kier alpha value is -1.37. The van der Waals surface area contributed by atoms with Gasteiger partial charge in [-0.05, 0) is 51.6 Å². The normalized spacial score (nSPS) is 20.9. The van der Waals surface area contributed by atoms with Gasteiger partial charge in [0.25, 0.3) is 0 Å². The van der Waals surface area contributed by atoms with Crippen LogP contribution in [0.1, 0.15) is 39.7 Å². The summed E-state index contributed by atoms with van der Waals surface area (Å²) >= 11 is 0. The molecule has 22 heavy (non-hydrogen) atoms. The van der Waals surface area contributed by atoms with Crippen LogP contribution in [0, 0.1) is 0 Å². The number of hydrogen-bond acceptors (Lipinski definition) is 4. The van der Waals surface area contributed by atoms with E-state index in [0.29, 0.717) is 12.8 Å². The number of carboxylic acids is 1. The van der Waals surface area contributed by atoms with Gasteiger partial charge in [-0.1, -0.05) is 24.3 Å². The van der Waals surface area contributed by atoms with Gasteiger partial charge in [-0.3, -0.25) is 4.79 Å². The molecule has 3 N–H and O–H groups in total. The molecule has 1 aromatic carbocycles. The fraction of sp³-hybridized carbons (Fsp3) is 0.562. The third-order valence-corrected chi connectivity index (χ3v) is 4.57. The molecule has 0 unspecified atom stereocenters. The molecule has 0 aliphatic carbocycles. The first-order valence-corrected chi connectivity index (χ1v) is 7.55. The van der Waals surface area contributed by atoms with Crippen molar-refractivity contribution in [3.05, 3.63) is 29.8 Å². The van der Waals surface area contributed by atoms with Crippen molar-refractivity contribution in [1.82, 2.24) is 0 Å². The predicted octanol–water partition coefficient (Wildman–Crippen LogP) is 1.33. The zero-order valence-electron chi connectivity index (χ0n) is 13.6. The third kappa shape index (κ3) is 3.51. The number of aliphatic carboxylic acids is 1. The Morgan fingerprint density at radius 3 is 2.14 bits per heavy atom. The maximum absolute atomic E-state index is 10.7. The average Bonchev–Trinajstić information content (AvgIpc) is 2.65. The Morgan fingerprint density at radius 2 is 1.68 bits per heavy atom. The molecule has 120 valence electrons. The van der Waals surface area contributed by atoms with E-state index in [1.807, 2.05) is 52.0 Å². The summed E-state index contributed by atoms with van der Waals surface area (Å²) < 4.78 is 12.0. The molecule has 1 aromatic rings. The number of carboxylic acid groups (broad SMARTS) is 1. The first kappa shape index (κ1) is 17.0. The molecule has 0 radical (unpaired) electrons. The van der Waals surface area contributed by atoms with E-state index >= 15 is 0 Å². The van der Waals surface area contributed by atoms with Crippen LogP contribution in [0.25, 0.3) is 0 Å². The number of aryl methyl sites for hydroxylation is 1. The van der Waals surface area contributed by atoms with Crippen molar-refractivity contribution in [2.75, 3.05) is 0 Å². The molecule has 1 aliphatic heterocycles. The quantitative estimate of drug-likeness (QED) is 0.802. The molecule has 1 heterocycles. The predicted molar refractivity (Wildman–Crippen MR) is 86.1 cm³/mol. The van der Waals surface area contributed by atoms with Crippen LogP contribution >= 0.6 is 0 Å². The molecule has 1 fully saturated rings. The van der Waals surface area contributed by atoms with Gasteiger partial charge in [-0.25, -0.2) is 0 Å². The number of rotatable bonds is 5. The number of benzene rings is 1. The Bertz CT molecular complexity index is 526. The minimum atomic E-state index is -0.964. The summed E-state index contributed by atoms with van der Waals surface area (Å²) in [4.78, 5) is 10.7. The standard InChI is InChI=1S/C16H24BNO4/c1-15(2)16(3,4)22-17(21-15)12-8-5-11(6-9-12)7-10-13(18)14(19)20/h5-6,8-9,13H,7,10,18H2,1-4H3,(H,19,20)/t13-/m0/s1. The monoisotopic (exact) mass is 305 g/mol. The molecule has 1 aliphatic rings. The van der Waals surface area contributed by atoms with Crippen LogP contribution in [0.4, 0.5) is 0 Å². The SMILES string of the molecule is CC1(C)OB(c2ccc(CC[C@H](N)C(=O)O)cc2)OC1(C)C. The lowest BCUT2D eigenvalue weighted by Gasteiger charge is -2.32. The highest BCUT2D eigenvalue weighted by molar-refractivity contribution is 6.62. The summed E-state index contributed by atoms with van der Waals surface area (Å²) in [5.74, 6) is -0.964. The molecular weight excluding hydrogens is 281 g/mol. The summed E-state index contributed by atoms with van der Waals surface area (Å²) in [5.41, 5.74) is 6.82. The fourth-order valence-electron chi connectivity index (χ4n) is 2.27. The van der Waals surface area contributed by atoms with Gasteiger partial charge in [0.1, 0.15) is 6.04 Å². The van der Waals surface area contributed by atoms with E-state index < -0.39 is 12.0 Å². The Labute approximate surface area is 131 Å². The molecule has 0 amide bonds. The van der Waals surface area contributed by atoms with Crippen LogP contribution < -0.4 is 11.2 Å². The van der Waals surface area contributed by atoms with Gasteiger partial charge in [0.05, 0.1) is 11.2 Å². The van der Waals surface area contributed by atoms with Crippen molar-refractivity contribution in [2.45, 2.75) is 57.8 Å². The first-order chi connectivity index (χ1) is 10.1. The fourth-order valence-corrected chi connectivity index (χ4v) is 2.27. The van der Waals surface area contributed by atoms with E-state index in [9.17, 15) is 4.79 Å². The van der Waals surface area contributed by atoms with E-state index in [-0.39, 0.29) is 18.3 Å². The molecular formula is C16H24BNO4. The van der Waals surface area contributed by atoms with Crippen molar-refractivity contribution >= 4 is 18.6 Å². The number of carbonyl (C=O) groups is 1. The summed E-state index contributed by atoms with van der Waals surface area (Å²) in [6.45, 7) is 8.09. The minimum absolute atomic E-state index is 0.357. The summed E-state index contributed by atoms with van der Waals surface area (Å²) in [6, 6.07) is 7.04. The van der Waals surface area contributed by atoms with Gasteiger partial charge >= 0.3 is 13.1 Å². The Kier molecular flexibility index (Phi) is 4.66. The second-order valence-corrected chi connectivity index (χ2v) is 6.81. The van der Waals surface area contributed by atoms with Crippen LogP contribution in [-0.4, -0.2) is 35.4 Å². The van der Waals surface area contributed by atoms with Gasteiger partial charge < -0.3 is 20.1 Å². The zero-order valence-corrected chi connectivity index (χ0v) is 13.6. The van der Waals surface area contributed by atoms with E-state index in [4.69, 9.17) is 20.1 Å². The maximum atomic E-state index is 10.7. The van der Waals surface area contributed by atoms with E-state index in [0.717, 1.165) is 11.0 Å². The maximum Gasteiger partial charge on any atom is 0.494 e. The second kappa shape index (κ2) is 6.03. The van der Waals surface area contributed by atoms with Crippen molar-refractivity contribution in [3.8, 4) is 0 Å². The van der Waals surface area contributed by atoms with E-state index in [2.05, 4.69) is 0 Å². The summed E-state index contributed by atoms with van der Waals surface area (Å²) in [6.07, 6.45) is 1.06. The van der Waals surface area contributed by atoms with Crippen molar-refractivity contribution in [2.24, 2.45) is 5.73 Å². The highest BCUT2D eigenvalue weighted by atomic mass is 16.7. The molecule has 0 bridgehead atoms. The summed E-state index contributed by atoms with van der Waals surface area (Å²) in [7, 11) is -0.375. The molecule has 1 atom stereocenters. The molecule has 6 heteroatoms. The second-order valence-electron chi connectivity index (χ2n) is 6.81. The minimum Gasteiger partial charge on any atom is -0.480 e. The van der Waals surface area contributed by atoms with Crippen molar-refractivity contribution < 1.29 is 19.2 Å². The lowest BCUT2D eigenvalue weighted by Crippen LogP contribution is -2.41. The topological polar surface area (TPSA) is 81.8 Å². The highest BCUT2D eigenvalue weighted by Crippen LogP contribution is 2.36. The summed E-state index contributed by atoms with van der Waals surface area (Å²) in [5, 5.41) is 8.79.